The number of hydrogen-bond acceptors (Lipinski definition) is 9. The van der Waals surface area contributed by atoms with Crippen molar-refractivity contribution in [2.45, 2.75) is 19.9 Å². The van der Waals surface area contributed by atoms with Gasteiger partial charge in [0.2, 0.25) is 0 Å². The van der Waals surface area contributed by atoms with E-state index in [9.17, 15) is 19.8 Å². The molecule has 0 spiro atoms. The number of nitrogens with zero attached hydrogens (tertiary/aromatic N) is 2. The van der Waals surface area contributed by atoms with Crippen molar-refractivity contribution in [2.75, 3.05) is 25.2 Å². The van der Waals surface area contributed by atoms with E-state index in [1.54, 1.807) is 68.6 Å². The summed E-state index contributed by atoms with van der Waals surface area (Å²) in [5.41, 5.74) is 1.29. The number of aromatic nitrogens is 1. The Bertz CT molecular complexity index is 1610. The molecule has 1 unspecified atom stereocenters. The van der Waals surface area contributed by atoms with Gasteiger partial charge in [0, 0.05) is 5.56 Å². The lowest BCUT2D eigenvalue weighted by molar-refractivity contribution is -0.132. The quantitative estimate of drug-likeness (QED) is 0.171. The van der Waals surface area contributed by atoms with E-state index in [1.807, 2.05) is 6.92 Å². The monoisotopic (exact) mass is 546 g/mol. The molecule has 1 amide bonds. The molecule has 4 aromatic rings. The number of rotatable bonds is 8. The number of aliphatic hydroxyl groups is 1. The summed E-state index contributed by atoms with van der Waals surface area (Å²) >= 11 is 1.22. The number of benzene rings is 3. The van der Waals surface area contributed by atoms with Crippen LogP contribution in [0.2, 0.25) is 0 Å². The number of carbonyl (C=O) groups excluding carboxylic acids is 2. The zero-order chi connectivity index (χ0) is 27.7. The number of phenolic OH excluding ortho intramolecular Hbond substituents is 1. The van der Waals surface area contributed by atoms with Gasteiger partial charge in [-0.2, -0.15) is 0 Å². The van der Waals surface area contributed by atoms with Crippen LogP contribution in [0.4, 0.5) is 5.13 Å². The summed E-state index contributed by atoms with van der Waals surface area (Å²) in [5.74, 6) is -0.805. The van der Waals surface area contributed by atoms with Gasteiger partial charge in [0.25, 0.3) is 5.78 Å². The number of carbonyl (C=O) groups is 2. The number of amides is 1. The van der Waals surface area contributed by atoms with E-state index >= 15 is 0 Å². The molecule has 1 atom stereocenters. The third-order valence-corrected chi connectivity index (χ3v) is 7.27. The van der Waals surface area contributed by atoms with Gasteiger partial charge in [0.15, 0.2) is 16.6 Å². The molecule has 0 aliphatic carbocycles. The number of aromatic hydroxyl groups is 1. The molecule has 0 saturated carbocycles. The number of thiazole rings is 1. The zero-order valence-electron chi connectivity index (χ0n) is 21.5. The Morgan fingerprint density at radius 1 is 1.00 bits per heavy atom. The van der Waals surface area contributed by atoms with Crippen molar-refractivity contribution < 1.29 is 34.0 Å². The highest BCUT2D eigenvalue weighted by atomic mass is 32.1. The van der Waals surface area contributed by atoms with Crippen molar-refractivity contribution in [3.8, 4) is 23.0 Å². The largest absolute Gasteiger partial charge is 0.507 e. The molecule has 3 aromatic carbocycles. The molecule has 1 aliphatic rings. The van der Waals surface area contributed by atoms with Crippen molar-refractivity contribution >= 4 is 44.1 Å². The molecule has 0 bridgehead atoms. The van der Waals surface area contributed by atoms with E-state index in [4.69, 9.17) is 14.2 Å². The number of aliphatic hydroxyl groups excluding tert-OH is 1. The molecule has 200 valence electrons. The highest BCUT2D eigenvalue weighted by Gasteiger charge is 2.48. The fourth-order valence-electron chi connectivity index (χ4n) is 4.50. The van der Waals surface area contributed by atoms with Crippen LogP contribution in [-0.2, 0) is 9.59 Å². The van der Waals surface area contributed by atoms with E-state index < -0.39 is 17.7 Å². The van der Waals surface area contributed by atoms with Crippen molar-refractivity contribution in [1.29, 1.82) is 0 Å². The second kappa shape index (κ2) is 10.7. The first-order chi connectivity index (χ1) is 18.9. The Kier molecular flexibility index (Phi) is 7.12. The van der Waals surface area contributed by atoms with Gasteiger partial charge in [0.05, 0.1) is 42.2 Å². The highest BCUT2D eigenvalue weighted by molar-refractivity contribution is 7.22. The van der Waals surface area contributed by atoms with Crippen molar-refractivity contribution in [3.63, 3.8) is 0 Å². The minimum Gasteiger partial charge on any atom is -0.507 e. The summed E-state index contributed by atoms with van der Waals surface area (Å²) in [5, 5.41) is 22.0. The molecular formula is C29H26N2O7S. The summed E-state index contributed by atoms with van der Waals surface area (Å²) in [7, 11) is 1.56. The predicted octanol–water partition coefficient (Wildman–Crippen LogP) is 5.43. The smallest absolute Gasteiger partial charge is 0.301 e. The van der Waals surface area contributed by atoms with Crippen LogP contribution in [-0.4, -0.2) is 47.2 Å². The van der Waals surface area contributed by atoms with Crippen LogP contribution < -0.4 is 19.1 Å². The second-order valence-corrected chi connectivity index (χ2v) is 9.63. The third kappa shape index (κ3) is 4.74. The molecule has 2 N–H and O–H groups in total. The minimum atomic E-state index is -1.04. The number of ketones is 1. The highest BCUT2D eigenvalue weighted by Crippen LogP contribution is 2.46. The van der Waals surface area contributed by atoms with E-state index in [1.165, 1.54) is 22.3 Å². The van der Waals surface area contributed by atoms with Crippen molar-refractivity contribution in [3.05, 3.63) is 77.4 Å². The molecule has 5 rings (SSSR count). The van der Waals surface area contributed by atoms with Gasteiger partial charge in [-0.1, -0.05) is 29.5 Å². The van der Waals surface area contributed by atoms with Crippen LogP contribution >= 0.6 is 11.3 Å². The van der Waals surface area contributed by atoms with E-state index in [2.05, 4.69) is 4.98 Å². The number of fused-ring (bicyclic) bond motifs is 1. The van der Waals surface area contributed by atoms with Crippen LogP contribution in [0.15, 0.2) is 66.2 Å². The zero-order valence-corrected chi connectivity index (χ0v) is 22.3. The maximum Gasteiger partial charge on any atom is 0.301 e. The van der Waals surface area contributed by atoms with E-state index in [0.717, 1.165) is 4.70 Å². The van der Waals surface area contributed by atoms with Gasteiger partial charge in [-0.25, -0.2) is 4.98 Å². The molecular weight excluding hydrogens is 520 g/mol. The standard InChI is InChI=1S/C29H26N2O7S/c1-4-37-19-8-6-7-17(13-19)26(33)24-25(16-9-12-21(32)22(14-16)38-5-2)31(28(35)27(24)34)29-30-20-11-10-18(36-3)15-23(20)39-29/h6-15,25,32-33H,4-5H2,1-3H3/b26-24+. The fourth-order valence-corrected chi connectivity index (χ4v) is 5.52. The minimum absolute atomic E-state index is 0.0888. The first kappa shape index (κ1) is 26.1. The van der Waals surface area contributed by atoms with Gasteiger partial charge in [-0.15, -0.1) is 0 Å². The Morgan fingerprint density at radius 3 is 2.54 bits per heavy atom. The van der Waals surface area contributed by atoms with Crippen LogP contribution in [0.5, 0.6) is 23.0 Å². The molecule has 9 nitrogen and oxygen atoms in total. The van der Waals surface area contributed by atoms with Gasteiger partial charge in [-0.05, 0) is 61.9 Å². The van der Waals surface area contributed by atoms with Gasteiger partial charge >= 0.3 is 5.91 Å². The molecule has 10 heteroatoms. The Hall–Kier alpha value is -4.57. The Morgan fingerprint density at radius 2 is 1.79 bits per heavy atom. The third-order valence-electron chi connectivity index (χ3n) is 6.25. The summed E-state index contributed by atoms with van der Waals surface area (Å²) in [6, 6.07) is 15.5. The molecule has 1 fully saturated rings. The van der Waals surface area contributed by atoms with Crippen molar-refractivity contribution in [2.24, 2.45) is 0 Å². The Labute approximate surface area is 228 Å². The van der Waals surface area contributed by atoms with Crippen LogP contribution in [0.1, 0.15) is 31.0 Å². The van der Waals surface area contributed by atoms with Crippen LogP contribution in [0.25, 0.3) is 16.0 Å². The van der Waals surface area contributed by atoms with Crippen LogP contribution in [0.3, 0.4) is 0 Å². The molecule has 39 heavy (non-hydrogen) atoms. The lowest BCUT2D eigenvalue weighted by Crippen LogP contribution is -2.29. The molecule has 2 heterocycles. The normalized spacial score (nSPS) is 16.6. The molecule has 1 saturated heterocycles. The van der Waals surface area contributed by atoms with Crippen LogP contribution in [0, 0.1) is 0 Å². The average molecular weight is 547 g/mol. The predicted molar refractivity (Wildman–Crippen MR) is 148 cm³/mol. The van der Waals surface area contributed by atoms with Gasteiger partial charge < -0.3 is 24.4 Å². The maximum absolute atomic E-state index is 13.6. The average Bonchev–Trinajstić information content (AvgIpc) is 3.47. The second-order valence-electron chi connectivity index (χ2n) is 8.62. The summed E-state index contributed by atoms with van der Waals surface area (Å²) in [6.07, 6.45) is 0. The SMILES string of the molecule is CCOc1cccc(/C(O)=C2\C(=O)C(=O)N(c3nc4ccc(OC)cc4s3)C2c2ccc(O)c(OCC)c2)c1. The number of phenols is 1. The maximum atomic E-state index is 13.6. The number of ether oxygens (including phenoxy) is 3. The number of Topliss-reactive ketones (excluding diaryl/α,β-unsaturated/α-hetero) is 1. The Balaban J connectivity index is 1.72. The fraction of sp³-hybridized carbons (Fsp3) is 0.207. The number of methoxy groups -OCH3 is 1. The van der Waals surface area contributed by atoms with E-state index in [-0.39, 0.29) is 28.0 Å². The first-order valence-electron chi connectivity index (χ1n) is 12.3. The summed E-state index contributed by atoms with van der Waals surface area (Å²) in [4.78, 5) is 33.0. The number of hydrogen-bond donors (Lipinski definition) is 2. The molecule has 0 radical (unpaired) electrons. The lowest BCUT2D eigenvalue weighted by Gasteiger charge is -2.23. The first-order valence-corrected chi connectivity index (χ1v) is 13.1. The summed E-state index contributed by atoms with van der Waals surface area (Å²) in [6.45, 7) is 4.33. The summed E-state index contributed by atoms with van der Waals surface area (Å²) < 4.78 is 17.2. The molecule has 1 aromatic heterocycles. The number of anilines is 1. The van der Waals surface area contributed by atoms with Gasteiger partial charge in [0.1, 0.15) is 17.3 Å². The topological polar surface area (TPSA) is 118 Å². The lowest BCUT2D eigenvalue weighted by atomic mass is 9.95. The molecule has 1 aliphatic heterocycles. The van der Waals surface area contributed by atoms with Crippen molar-refractivity contribution in [1.82, 2.24) is 4.98 Å². The van der Waals surface area contributed by atoms with E-state index in [0.29, 0.717) is 41.4 Å². The van der Waals surface area contributed by atoms with Gasteiger partial charge in [-0.3, -0.25) is 14.5 Å².